The normalized spacial score (nSPS) is 11.9. The zero-order chi connectivity index (χ0) is 13.1. The highest BCUT2D eigenvalue weighted by Crippen LogP contribution is 2.35. The lowest BCUT2D eigenvalue weighted by Crippen LogP contribution is -2.35. The zero-order valence-electron chi connectivity index (χ0n) is 9.63. The molecule has 1 heterocycles. The van der Waals surface area contributed by atoms with Gasteiger partial charge in [-0.05, 0) is 26.0 Å². The van der Waals surface area contributed by atoms with E-state index in [9.17, 15) is 13.2 Å². The van der Waals surface area contributed by atoms with Gasteiger partial charge >= 0.3 is 6.18 Å². The van der Waals surface area contributed by atoms with Gasteiger partial charge in [0.15, 0.2) is 0 Å². The van der Waals surface area contributed by atoms with Crippen LogP contribution in [0.2, 0.25) is 0 Å². The maximum absolute atomic E-state index is 12.8. The Morgan fingerprint density at radius 3 is 2.53 bits per heavy atom. The molecular weight excluding hydrogens is 253 g/mol. The van der Waals surface area contributed by atoms with Crippen molar-refractivity contribution < 1.29 is 13.2 Å². The number of hydrogen-bond acceptors (Lipinski definition) is 2. The zero-order valence-corrected chi connectivity index (χ0v) is 10.4. The van der Waals surface area contributed by atoms with Gasteiger partial charge in [-0.2, -0.15) is 13.2 Å². The topological polar surface area (TPSA) is 16.1 Å². The van der Waals surface area contributed by atoms with E-state index >= 15 is 0 Å². The van der Waals surface area contributed by atoms with Crippen LogP contribution in [0.3, 0.4) is 0 Å². The van der Waals surface area contributed by atoms with Crippen molar-refractivity contribution in [3.8, 4) is 0 Å². The Balaban J connectivity index is 3.19. The van der Waals surface area contributed by atoms with Gasteiger partial charge in [0.05, 0.1) is 5.56 Å². The summed E-state index contributed by atoms with van der Waals surface area (Å²) in [5.41, 5.74) is -0.723. The van der Waals surface area contributed by atoms with Gasteiger partial charge in [0.2, 0.25) is 0 Å². The number of pyridine rings is 1. The van der Waals surface area contributed by atoms with Crippen molar-refractivity contribution in [3.63, 3.8) is 0 Å². The van der Waals surface area contributed by atoms with Crippen LogP contribution in [0, 0.1) is 0 Å². The molecule has 0 atom stereocenters. The van der Waals surface area contributed by atoms with Crippen molar-refractivity contribution in [2.24, 2.45) is 0 Å². The second-order valence-corrected chi connectivity index (χ2v) is 4.23. The summed E-state index contributed by atoms with van der Waals surface area (Å²) < 4.78 is 38.4. The molecule has 1 aromatic rings. The standard InChI is InChI=1S/C11H14ClF3N2/c1-8(2)17(7-5-12)10-9(11(13,14)15)4-3-6-16-10/h3-4,6,8H,5,7H2,1-2H3. The molecule has 0 N–H and O–H groups in total. The number of rotatable bonds is 4. The quantitative estimate of drug-likeness (QED) is 0.775. The van der Waals surface area contributed by atoms with E-state index in [0.29, 0.717) is 6.54 Å². The van der Waals surface area contributed by atoms with Crippen LogP contribution in [-0.4, -0.2) is 23.5 Å². The molecule has 0 bridgehead atoms. The predicted molar refractivity (Wildman–Crippen MR) is 62.4 cm³/mol. The molecule has 0 aliphatic carbocycles. The lowest BCUT2D eigenvalue weighted by Gasteiger charge is -2.29. The van der Waals surface area contributed by atoms with Crippen molar-refractivity contribution in [2.45, 2.75) is 26.1 Å². The van der Waals surface area contributed by atoms with Gasteiger partial charge in [0.1, 0.15) is 5.82 Å². The van der Waals surface area contributed by atoms with Crippen molar-refractivity contribution in [2.75, 3.05) is 17.3 Å². The molecule has 1 aromatic heterocycles. The largest absolute Gasteiger partial charge is 0.419 e. The van der Waals surface area contributed by atoms with Gasteiger partial charge < -0.3 is 4.90 Å². The third-order valence-corrected chi connectivity index (χ3v) is 2.48. The summed E-state index contributed by atoms with van der Waals surface area (Å²) in [5.74, 6) is 0.196. The number of alkyl halides is 4. The first-order valence-corrected chi connectivity index (χ1v) is 5.76. The van der Waals surface area contributed by atoms with Crippen LogP contribution >= 0.6 is 11.6 Å². The smallest absolute Gasteiger partial charge is 0.352 e. The summed E-state index contributed by atoms with van der Waals surface area (Å²) in [7, 11) is 0. The number of anilines is 1. The Morgan fingerprint density at radius 2 is 2.06 bits per heavy atom. The van der Waals surface area contributed by atoms with Crippen molar-refractivity contribution in [3.05, 3.63) is 23.9 Å². The van der Waals surface area contributed by atoms with Crippen molar-refractivity contribution in [1.82, 2.24) is 4.98 Å². The number of halogens is 4. The van der Waals surface area contributed by atoms with Gasteiger partial charge in [-0.3, -0.25) is 0 Å². The van der Waals surface area contributed by atoms with Crippen molar-refractivity contribution in [1.29, 1.82) is 0 Å². The minimum absolute atomic E-state index is 0.0596. The summed E-state index contributed by atoms with van der Waals surface area (Å²) in [5, 5.41) is 0. The minimum atomic E-state index is -4.40. The molecule has 0 spiro atoms. The molecule has 0 aliphatic heterocycles. The molecule has 0 aliphatic rings. The van der Waals surface area contributed by atoms with Crippen LogP contribution in [0.15, 0.2) is 18.3 Å². The molecule has 2 nitrogen and oxygen atoms in total. The average molecular weight is 267 g/mol. The Morgan fingerprint density at radius 1 is 1.41 bits per heavy atom. The van der Waals surface area contributed by atoms with E-state index in [1.807, 2.05) is 0 Å². The first kappa shape index (κ1) is 14.1. The highest BCUT2D eigenvalue weighted by atomic mass is 35.5. The van der Waals surface area contributed by atoms with Gasteiger partial charge in [0.25, 0.3) is 0 Å². The molecule has 96 valence electrons. The summed E-state index contributed by atoms with van der Waals surface area (Å²) in [6.07, 6.45) is -3.04. The summed E-state index contributed by atoms with van der Waals surface area (Å²) in [4.78, 5) is 5.38. The first-order valence-electron chi connectivity index (χ1n) is 5.22. The highest BCUT2D eigenvalue weighted by molar-refractivity contribution is 6.18. The lowest BCUT2D eigenvalue weighted by molar-refractivity contribution is -0.137. The van der Waals surface area contributed by atoms with Gasteiger partial charge in [-0.15, -0.1) is 11.6 Å². The summed E-state index contributed by atoms with van der Waals surface area (Å²) >= 11 is 5.61. The van der Waals surface area contributed by atoms with Crippen molar-refractivity contribution >= 4 is 17.4 Å². The molecule has 0 amide bonds. The molecule has 1 rings (SSSR count). The molecule has 0 saturated carbocycles. The second kappa shape index (κ2) is 5.58. The van der Waals surface area contributed by atoms with E-state index in [4.69, 9.17) is 11.6 Å². The van der Waals surface area contributed by atoms with Crippen LogP contribution < -0.4 is 4.90 Å². The maximum Gasteiger partial charge on any atom is 0.419 e. The van der Waals surface area contributed by atoms with Crippen LogP contribution in [0.5, 0.6) is 0 Å². The maximum atomic E-state index is 12.8. The van der Waals surface area contributed by atoms with Gasteiger partial charge in [-0.1, -0.05) is 0 Å². The number of hydrogen-bond donors (Lipinski definition) is 0. The van der Waals surface area contributed by atoms with Gasteiger partial charge in [-0.25, -0.2) is 4.98 Å². The third-order valence-electron chi connectivity index (χ3n) is 2.31. The van der Waals surface area contributed by atoms with E-state index < -0.39 is 11.7 Å². The predicted octanol–water partition coefficient (Wildman–Crippen LogP) is 3.55. The summed E-state index contributed by atoms with van der Waals surface area (Å²) in [6, 6.07) is 2.22. The molecule has 17 heavy (non-hydrogen) atoms. The summed E-state index contributed by atoms with van der Waals surface area (Å²) in [6.45, 7) is 3.95. The molecule has 0 radical (unpaired) electrons. The van der Waals surface area contributed by atoms with Crippen LogP contribution in [-0.2, 0) is 6.18 Å². The fourth-order valence-corrected chi connectivity index (χ4v) is 1.73. The SMILES string of the molecule is CC(C)N(CCCl)c1ncccc1C(F)(F)F. The highest BCUT2D eigenvalue weighted by Gasteiger charge is 2.35. The Bertz CT molecular complexity index is 366. The van der Waals surface area contributed by atoms with E-state index in [2.05, 4.69) is 4.98 Å². The lowest BCUT2D eigenvalue weighted by atomic mass is 10.2. The third kappa shape index (κ3) is 3.49. The molecule has 6 heteroatoms. The Labute approximate surface area is 103 Å². The van der Waals surface area contributed by atoms with Crippen LogP contribution in [0.1, 0.15) is 19.4 Å². The molecule has 0 unspecified atom stereocenters. The molecular formula is C11H14ClF3N2. The van der Waals surface area contributed by atoms with E-state index in [1.165, 1.54) is 12.3 Å². The van der Waals surface area contributed by atoms with E-state index in [-0.39, 0.29) is 17.7 Å². The fourth-order valence-electron chi connectivity index (χ4n) is 1.55. The average Bonchev–Trinajstić information content (AvgIpc) is 2.24. The molecule has 0 saturated heterocycles. The Hall–Kier alpha value is -0.970. The molecule has 0 fully saturated rings. The number of aromatic nitrogens is 1. The first-order chi connectivity index (χ1) is 7.88. The monoisotopic (exact) mass is 266 g/mol. The fraction of sp³-hybridized carbons (Fsp3) is 0.545. The Kier molecular flexibility index (Phi) is 4.62. The second-order valence-electron chi connectivity index (χ2n) is 3.85. The van der Waals surface area contributed by atoms with E-state index in [1.54, 1.807) is 18.7 Å². The number of nitrogens with zero attached hydrogens (tertiary/aromatic N) is 2. The minimum Gasteiger partial charge on any atom is -0.352 e. The van der Waals surface area contributed by atoms with Crippen LogP contribution in [0.4, 0.5) is 19.0 Å². The molecule has 0 aromatic carbocycles. The van der Waals surface area contributed by atoms with Gasteiger partial charge in [0, 0.05) is 24.7 Å². The van der Waals surface area contributed by atoms with Crippen LogP contribution in [0.25, 0.3) is 0 Å². The van der Waals surface area contributed by atoms with E-state index in [0.717, 1.165) is 6.07 Å².